The minimum atomic E-state index is -1.37. The summed E-state index contributed by atoms with van der Waals surface area (Å²) in [6.07, 6.45) is 0.928. The van der Waals surface area contributed by atoms with Gasteiger partial charge in [0.05, 0.1) is 0 Å². The summed E-state index contributed by atoms with van der Waals surface area (Å²) in [7, 11) is 0. The van der Waals surface area contributed by atoms with Crippen LogP contribution in [0.25, 0.3) is 0 Å². The van der Waals surface area contributed by atoms with E-state index in [1.807, 2.05) is 0 Å². The van der Waals surface area contributed by atoms with E-state index in [0.717, 1.165) is 6.08 Å². The third-order valence-corrected chi connectivity index (χ3v) is 0.784. The average Bonchev–Trinajstić information content (AvgIpc) is 1.64. The van der Waals surface area contributed by atoms with E-state index >= 15 is 0 Å². The molecule has 0 spiro atoms. The Labute approximate surface area is 52.0 Å². The maximum Gasteiger partial charge on any atom is 0.320 e. The van der Waals surface area contributed by atoms with Crippen molar-refractivity contribution in [3.05, 3.63) is 12.7 Å². The molecule has 0 aromatic rings. The van der Waals surface area contributed by atoms with Crippen molar-refractivity contribution in [2.45, 2.75) is 0 Å². The zero-order valence-electron chi connectivity index (χ0n) is 4.63. The second-order valence-electron chi connectivity index (χ2n) is 1.42. The lowest BCUT2D eigenvalue weighted by Crippen LogP contribution is -2.21. The van der Waals surface area contributed by atoms with Crippen molar-refractivity contribution < 1.29 is 14.7 Å². The predicted octanol–water partition coefficient (Wildman–Crippen LogP) is -0.317. The lowest BCUT2D eigenvalue weighted by molar-refractivity contribution is -0.144. The number of carbonyl (C=O) groups excluding carboxylic acids is 1. The maximum absolute atomic E-state index is 10.0. The molecule has 0 aromatic heterocycles. The van der Waals surface area contributed by atoms with Crippen LogP contribution in [0, 0.1) is 5.92 Å². The van der Waals surface area contributed by atoms with Crippen LogP contribution < -0.4 is 5.73 Å². The van der Waals surface area contributed by atoms with Crippen molar-refractivity contribution in [1.82, 2.24) is 5.73 Å². The van der Waals surface area contributed by atoms with Crippen LogP contribution in [0.2, 0.25) is 0 Å². The monoisotopic (exact) mass is 128 g/mol. The Morgan fingerprint density at radius 1 is 1.67 bits per heavy atom. The SMILES string of the molecule is C=CC(C([NH])=O)C(=O)O. The van der Waals surface area contributed by atoms with Gasteiger partial charge in [-0.25, -0.2) is 0 Å². The van der Waals surface area contributed by atoms with Crippen LogP contribution in [0.3, 0.4) is 0 Å². The van der Waals surface area contributed by atoms with Gasteiger partial charge in [0.15, 0.2) is 5.92 Å². The first-order chi connectivity index (χ1) is 4.09. The molecule has 0 aliphatic carbocycles. The summed E-state index contributed by atoms with van der Waals surface area (Å²) in [5, 5.41) is 8.13. The van der Waals surface area contributed by atoms with E-state index in [0.29, 0.717) is 0 Å². The number of hydrogen-bond donors (Lipinski definition) is 1. The fourth-order valence-corrected chi connectivity index (χ4v) is 0.320. The molecule has 0 saturated heterocycles. The maximum atomic E-state index is 10.0. The molecule has 0 aromatic carbocycles. The second kappa shape index (κ2) is 2.86. The van der Waals surface area contributed by atoms with Gasteiger partial charge in [0.25, 0.3) is 5.91 Å². The zero-order chi connectivity index (χ0) is 7.44. The van der Waals surface area contributed by atoms with Gasteiger partial charge in [0, 0.05) is 0 Å². The number of carboxylic acids is 1. The van der Waals surface area contributed by atoms with Crippen LogP contribution >= 0.6 is 0 Å². The van der Waals surface area contributed by atoms with Gasteiger partial charge in [-0.05, 0) is 0 Å². The molecule has 9 heavy (non-hydrogen) atoms. The van der Waals surface area contributed by atoms with Crippen LogP contribution in [0.1, 0.15) is 0 Å². The largest absolute Gasteiger partial charge is 0.480 e. The summed E-state index contributed by atoms with van der Waals surface area (Å²) in [5.74, 6) is -3.84. The molecular formula is C5H6NO3. The first-order valence-corrected chi connectivity index (χ1v) is 2.20. The topological polar surface area (TPSA) is 78.2 Å². The quantitative estimate of drug-likeness (QED) is 0.418. The fraction of sp³-hybridized carbons (Fsp3) is 0.200. The van der Waals surface area contributed by atoms with E-state index in [4.69, 9.17) is 10.8 Å². The molecule has 1 amide bonds. The molecule has 0 fully saturated rings. The number of nitrogens with one attached hydrogen (secondary N) is 1. The number of rotatable bonds is 3. The molecule has 0 heterocycles. The number of carbonyl (C=O) groups is 2. The fourth-order valence-electron chi connectivity index (χ4n) is 0.320. The van der Waals surface area contributed by atoms with Crippen LogP contribution in [-0.2, 0) is 9.59 Å². The Balaban J connectivity index is 4.16. The number of aliphatic carboxylic acids is 1. The molecule has 49 valence electrons. The highest BCUT2D eigenvalue weighted by Gasteiger charge is 2.19. The summed E-state index contributed by atoms with van der Waals surface area (Å²) >= 11 is 0. The van der Waals surface area contributed by atoms with Crippen LogP contribution in [-0.4, -0.2) is 17.0 Å². The average molecular weight is 128 g/mol. The molecule has 4 nitrogen and oxygen atoms in total. The number of amides is 1. The molecule has 0 saturated carbocycles. The van der Waals surface area contributed by atoms with Gasteiger partial charge in [-0.15, -0.1) is 6.58 Å². The molecule has 0 aliphatic heterocycles. The van der Waals surface area contributed by atoms with Crippen molar-refractivity contribution in [1.29, 1.82) is 0 Å². The minimum absolute atomic E-state index is 0.928. The Kier molecular flexibility index (Phi) is 2.44. The number of hydrogen-bond acceptors (Lipinski definition) is 2. The summed E-state index contributed by atoms with van der Waals surface area (Å²) in [6.45, 7) is 3.08. The summed E-state index contributed by atoms with van der Waals surface area (Å²) in [5.41, 5.74) is 6.37. The summed E-state index contributed by atoms with van der Waals surface area (Å²) in [4.78, 5) is 20.0. The molecule has 1 unspecified atom stereocenters. The standard InChI is InChI=1S/C5H6NO3/c1-2-3(4(6)7)5(8)9/h2-3,6H,1H2,(H,8,9). The normalized spacial score (nSPS) is 12.0. The zero-order valence-corrected chi connectivity index (χ0v) is 4.63. The minimum Gasteiger partial charge on any atom is -0.480 e. The van der Waals surface area contributed by atoms with Crippen molar-refractivity contribution in [3.63, 3.8) is 0 Å². The Bertz CT molecular complexity index is 138. The van der Waals surface area contributed by atoms with E-state index in [-0.39, 0.29) is 0 Å². The van der Waals surface area contributed by atoms with E-state index < -0.39 is 17.8 Å². The van der Waals surface area contributed by atoms with Gasteiger partial charge in [-0.2, -0.15) is 0 Å². The van der Waals surface area contributed by atoms with Gasteiger partial charge < -0.3 is 5.11 Å². The first kappa shape index (κ1) is 7.68. The highest BCUT2D eigenvalue weighted by Crippen LogP contribution is 1.95. The third-order valence-electron chi connectivity index (χ3n) is 0.784. The smallest absolute Gasteiger partial charge is 0.320 e. The molecule has 1 radical (unpaired) electrons. The lowest BCUT2D eigenvalue weighted by Gasteiger charge is -1.96. The Morgan fingerprint density at radius 2 is 2.11 bits per heavy atom. The molecule has 2 N–H and O–H groups in total. The first-order valence-electron chi connectivity index (χ1n) is 2.20. The van der Waals surface area contributed by atoms with E-state index in [2.05, 4.69) is 6.58 Å². The van der Waals surface area contributed by atoms with Crippen LogP contribution in [0.15, 0.2) is 12.7 Å². The van der Waals surface area contributed by atoms with Crippen molar-refractivity contribution in [2.24, 2.45) is 5.92 Å². The molecular weight excluding hydrogens is 122 g/mol. The predicted molar refractivity (Wildman–Crippen MR) is 29.4 cm³/mol. The van der Waals surface area contributed by atoms with Crippen LogP contribution in [0.4, 0.5) is 0 Å². The van der Waals surface area contributed by atoms with E-state index in [1.54, 1.807) is 0 Å². The molecule has 0 bridgehead atoms. The lowest BCUT2D eigenvalue weighted by atomic mass is 10.1. The van der Waals surface area contributed by atoms with Gasteiger partial charge in [-0.3, -0.25) is 15.3 Å². The van der Waals surface area contributed by atoms with Gasteiger partial charge in [0.2, 0.25) is 0 Å². The van der Waals surface area contributed by atoms with E-state index in [9.17, 15) is 9.59 Å². The van der Waals surface area contributed by atoms with Gasteiger partial charge in [0.1, 0.15) is 0 Å². The molecule has 4 heteroatoms. The van der Waals surface area contributed by atoms with Crippen LogP contribution in [0.5, 0.6) is 0 Å². The van der Waals surface area contributed by atoms with Gasteiger partial charge >= 0.3 is 5.97 Å². The molecule has 1 atom stereocenters. The van der Waals surface area contributed by atoms with E-state index in [1.165, 1.54) is 0 Å². The summed E-state index contributed by atoms with van der Waals surface area (Å²) in [6, 6.07) is 0. The van der Waals surface area contributed by atoms with Crippen molar-refractivity contribution in [2.75, 3.05) is 0 Å². The van der Waals surface area contributed by atoms with Crippen molar-refractivity contribution >= 4 is 11.9 Å². The molecule has 0 rings (SSSR count). The summed E-state index contributed by atoms with van der Waals surface area (Å²) < 4.78 is 0. The highest BCUT2D eigenvalue weighted by molar-refractivity contribution is 5.97. The molecule has 0 aliphatic rings. The Morgan fingerprint density at radius 3 is 2.11 bits per heavy atom. The highest BCUT2D eigenvalue weighted by atomic mass is 16.4. The van der Waals surface area contributed by atoms with Crippen molar-refractivity contribution in [3.8, 4) is 0 Å². The third kappa shape index (κ3) is 1.94. The van der Waals surface area contributed by atoms with Gasteiger partial charge in [-0.1, -0.05) is 6.08 Å². The number of carboxylic acid groups (broad SMARTS) is 1. The second-order valence-corrected chi connectivity index (χ2v) is 1.42. The Hall–Kier alpha value is -1.32.